The molecule has 1 unspecified atom stereocenters. The van der Waals surface area contributed by atoms with Gasteiger partial charge in [-0.15, -0.1) is 6.42 Å². The molecule has 3 rings (SSSR count). The summed E-state index contributed by atoms with van der Waals surface area (Å²) in [7, 11) is 0. The van der Waals surface area contributed by atoms with Gasteiger partial charge >= 0.3 is 0 Å². The topological polar surface area (TPSA) is 0 Å². The number of halogens is 2. The van der Waals surface area contributed by atoms with Gasteiger partial charge in [-0.3, -0.25) is 0 Å². The number of aryl methyl sites for hydroxylation is 1. The van der Waals surface area contributed by atoms with E-state index < -0.39 is 5.41 Å². The second kappa shape index (κ2) is 8.85. The lowest BCUT2D eigenvalue weighted by atomic mass is 9.78. The summed E-state index contributed by atoms with van der Waals surface area (Å²) in [6.07, 6.45) is 8.84. The van der Waals surface area contributed by atoms with Gasteiger partial charge in [0.25, 0.3) is 0 Å². The minimum absolute atomic E-state index is 0.174. The highest BCUT2D eigenvalue weighted by molar-refractivity contribution is 5.34. The van der Waals surface area contributed by atoms with E-state index in [2.05, 4.69) is 5.92 Å². The molecule has 0 nitrogen and oxygen atoms in total. The Hall–Kier alpha value is -2.92. The summed E-state index contributed by atoms with van der Waals surface area (Å²) in [6, 6.07) is 21.6. The van der Waals surface area contributed by atoms with Crippen LogP contribution in [0.5, 0.6) is 0 Å². The fourth-order valence-corrected chi connectivity index (χ4v) is 3.50. The standard InChI is InChI=1S/C26H24F2/c1-3-26(2,23-12-14-24(27)15-13-23)17-7-10-21-11-16-25(28)22(19-21)18-20-8-5-4-6-9-20/h1,4-6,8-9,11-16,19H,7,10,17-18H2,2H3. The molecule has 0 saturated carbocycles. The predicted molar refractivity (Wildman–Crippen MR) is 111 cm³/mol. The van der Waals surface area contributed by atoms with Gasteiger partial charge in [0.15, 0.2) is 0 Å². The van der Waals surface area contributed by atoms with Crippen molar-refractivity contribution >= 4 is 0 Å². The Kier molecular flexibility index (Phi) is 6.26. The fourth-order valence-electron chi connectivity index (χ4n) is 3.50. The van der Waals surface area contributed by atoms with Crippen molar-refractivity contribution in [1.82, 2.24) is 0 Å². The molecule has 0 heterocycles. The van der Waals surface area contributed by atoms with E-state index in [0.717, 1.165) is 36.0 Å². The molecule has 3 aromatic carbocycles. The van der Waals surface area contributed by atoms with Crippen molar-refractivity contribution in [2.45, 2.75) is 38.0 Å². The average Bonchev–Trinajstić information content (AvgIpc) is 2.71. The minimum Gasteiger partial charge on any atom is -0.207 e. The molecule has 0 N–H and O–H groups in total. The predicted octanol–water partition coefficient (Wildman–Crippen LogP) is 6.47. The van der Waals surface area contributed by atoms with Crippen molar-refractivity contribution in [2.75, 3.05) is 0 Å². The third-order valence-corrected chi connectivity index (χ3v) is 5.29. The highest BCUT2D eigenvalue weighted by Gasteiger charge is 2.23. The lowest BCUT2D eigenvalue weighted by molar-refractivity contribution is 0.530. The van der Waals surface area contributed by atoms with Crippen LogP contribution in [-0.2, 0) is 18.3 Å². The monoisotopic (exact) mass is 374 g/mol. The van der Waals surface area contributed by atoms with Crippen molar-refractivity contribution in [3.63, 3.8) is 0 Å². The third-order valence-electron chi connectivity index (χ3n) is 5.29. The third kappa shape index (κ3) is 4.87. The van der Waals surface area contributed by atoms with Crippen LogP contribution in [0.15, 0.2) is 72.8 Å². The van der Waals surface area contributed by atoms with Gasteiger partial charge in [0.1, 0.15) is 11.6 Å². The van der Waals surface area contributed by atoms with Gasteiger partial charge in [-0.1, -0.05) is 60.5 Å². The molecule has 0 fully saturated rings. The van der Waals surface area contributed by atoms with Crippen LogP contribution in [0.2, 0.25) is 0 Å². The second-order valence-corrected chi connectivity index (χ2v) is 7.43. The van der Waals surface area contributed by atoms with Gasteiger partial charge < -0.3 is 0 Å². The Balaban J connectivity index is 1.66. The number of hydrogen-bond acceptors (Lipinski definition) is 0. The summed E-state index contributed by atoms with van der Waals surface area (Å²) in [4.78, 5) is 0. The molecule has 0 aliphatic rings. The largest absolute Gasteiger partial charge is 0.207 e. The van der Waals surface area contributed by atoms with Crippen molar-refractivity contribution in [3.8, 4) is 12.3 Å². The maximum Gasteiger partial charge on any atom is 0.126 e. The molecule has 1 atom stereocenters. The van der Waals surface area contributed by atoms with E-state index in [9.17, 15) is 8.78 Å². The second-order valence-electron chi connectivity index (χ2n) is 7.43. The molecule has 0 aliphatic carbocycles. The summed E-state index contributed by atoms with van der Waals surface area (Å²) in [6.45, 7) is 2.01. The van der Waals surface area contributed by atoms with Crippen molar-refractivity contribution in [1.29, 1.82) is 0 Å². The Labute approximate surface area is 166 Å². The summed E-state index contributed by atoms with van der Waals surface area (Å²) in [5, 5.41) is 0. The number of terminal acetylenes is 1. The Morgan fingerprint density at radius 2 is 1.61 bits per heavy atom. The van der Waals surface area contributed by atoms with E-state index in [1.54, 1.807) is 18.2 Å². The zero-order valence-corrected chi connectivity index (χ0v) is 16.1. The smallest absolute Gasteiger partial charge is 0.126 e. The molecule has 3 aromatic rings. The van der Waals surface area contributed by atoms with E-state index in [1.807, 2.05) is 49.4 Å². The van der Waals surface area contributed by atoms with Crippen LogP contribution in [0.1, 0.15) is 42.0 Å². The molecule has 0 spiro atoms. The van der Waals surface area contributed by atoms with Crippen molar-refractivity contribution < 1.29 is 8.78 Å². The Morgan fingerprint density at radius 1 is 0.893 bits per heavy atom. The lowest BCUT2D eigenvalue weighted by Gasteiger charge is -2.24. The highest BCUT2D eigenvalue weighted by atomic mass is 19.1. The zero-order chi connectivity index (χ0) is 20.0. The van der Waals surface area contributed by atoms with Gasteiger partial charge in [0.05, 0.1) is 5.41 Å². The number of hydrogen-bond donors (Lipinski definition) is 0. The Morgan fingerprint density at radius 3 is 2.29 bits per heavy atom. The van der Waals surface area contributed by atoms with E-state index in [1.165, 1.54) is 12.1 Å². The normalized spacial score (nSPS) is 12.9. The SMILES string of the molecule is C#CC(C)(CCCc1ccc(F)c(Cc2ccccc2)c1)c1ccc(F)cc1. The first-order valence-corrected chi connectivity index (χ1v) is 9.55. The first-order chi connectivity index (χ1) is 13.5. The maximum atomic E-state index is 14.2. The molecule has 0 radical (unpaired) electrons. The summed E-state index contributed by atoms with van der Waals surface area (Å²) >= 11 is 0. The van der Waals surface area contributed by atoms with Crippen LogP contribution >= 0.6 is 0 Å². The van der Waals surface area contributed by atoms with Crippen LogP contribution in [0.25, 0.3) is 0 Å². The van der Waals surface area contributed by atoms with E-state index in [4.69, 9.17) is 6.42 Å². The number of rotatable bonds is 7. The highest BCUT2D eigenvalue weighted by Crippen LogP contribution is 2.29. The van der Waals surface area contributed by atoms with E-state index >= 15 is 0 Å². The molecule has 0 bridgehead atoms. The van der Waals surface area contributed by atoms with E-state index in [-0.39, 0.29) is 11.6 Å². The zero-order valence-electron chi connectivity index (χ0n) is 16.1. The molecule has 0 aliphatic heterocycles. The minimum atomic E-state index is -0.444. The van der Waals surface area contributed by atoms with Gasteiger partial charge in [0, 0.05) is 6.42 Å². The van der Waals surface area contributed by atoms with Crippen LogP contribution in [-0.4, -0.2) is 0 Å². The molecule has 0 aromatic heterocycles. The molecule has 2 heteroatoms. The van der Waals surface area contributed by atoms with E-state index in [0.29, 0.717) is 12.0 Å². The van der Waals surface area contributed by atoms with Gasteiger partial charge in [-0.25, -0.2) is 8.78 Å². The van der Waals surface area contributed by atoms with Crippen LogP contribution in [0.4, 0.5) is 8.78 Å². The summed E-state index contributed by atoms with van der Waals surface area (Å²) in [5.41, 5.74) is 3.41. The molecular weight excluding hydrogens is 350 g/mol. The van der Waals surface area contributed by atoms with Crippen molar-refractivity contribution in [2.24, 2.45) is 0 Å². The molecular formula is C26H24F2. The molecule has 142 valence electrons. The molecule has 28 heavy (non-hydrogen) atoms. The molecule has 0 amide bonds. The lowest BCUT2D eigenvalue weighted by Crippen LogP contribution is -2.19. The molecule has 0 saturated heterocycles. The van der Waals surface area contributed by atoms with Gasteiger partial charge in [-0.2, -0.15) is 0 Å². The maximum absolute atomic E-state index is 14.2. The quantitative estimate of drug-likeness (QED) is 0.416. The van der Waals surface area contributed by atoms with Crippen LogP contribution in [0.3, 0.4) is 0 Å². The Bertz CT molecular complexity index is 952. The summed E-state index contributed by atoms with van der Waals surface area (Å²) < 4.78 is 27.4. The number of benzene rings is 3. The average molecular weight is 374 g/mol. The van der Waals surface area contributed by atoms with Gasteiger partial charge in [-0.05, 0) is 66.6 Å². The van der Waals surface area contributed by atoms with Crippen LogP contribution < -0.4 is 0 Å². The van der Waals surface area contributed by atoms with Gasteiger partial charge in [0.2, 0.25) is 0 Å². The summed E-state index contributed by atoms with van der Waals surface area (Å²) in [5.74, 6) is 2.43. The first kappa shape index (κ1) is 19.8. The fraction of sp³-hybridized carbons (Fsp3) is 0.231. The first-order valence-electron chi connectivity index (χ1n) is 9.55. The van der Waals surface area contributed by atoms with Crippen LogP contribution in [0, 0.1) is 24.0 Å². The van der Waals surface area contributed by atoms with Crippen molar-refractivity contribution in [3.05, 3.63) is 107 Å².